The number of hydrogen-bond donors (Lipinski definition) is 4. The highest BCUT2D eigenvalue weighted by molar-refractivity contribution is 7.80. The molecule has 6 heteroatoms. The molecule has 1 saturated heterocycles. The number of fused-ring (bicyclic) bond motifs is 4. The van der Waals surface area contributed by atoms with Crippen LogP contribution in [0.25, 0.3) is 6.08 Å². The number of thiol groups is 1. The number of benzene rings is 1. The molecule has 5 nitrogen and oxygen atoms in total. The number of allylic oxidation sites excluding steroid dienone is 1. The van der Waals surface area contributed by atoms with Gasteiger partial charge in [-0.1, -0.05) is 62.8 Å². The SMILES string of the molecule is CC1(C)COC2(CCC3=C4C(c5ccc(/C=C/CN)cc5)C[C@@]5(C)C(CCC5[C@@H](O)S)C4CC[C@@]3(O)C2)OC1. The molecule has 4 N–H and O–H groups in total. The number of aliphatic hydroxyl groups excluding tert-OH is 1. The summed E-state index contributed by atoms with van der Waals surface area (Å²) in [7, 11) is 0. The van der Waals surface area contributed by atoms with Gasteiger partial charge in [0.15, 0.2) is 5.79 Å². The normalized spacial score (nSPS) is 39.9. The van der Waals surface area contributed by atoms with Crippen LogP contribution in [0.5, 0.6) is 0 Å². The van der Waals surface area contributed by atoms with Gasteiger partial charge in [-0.25, -0.2) is 0 Å². The van der Waals surface area contributed by atoms with Gasteiger partial charge in [0.1, 0.15) is 0 Å². The van der Waals surface area contributed by atoms with Crippen molar-refractivity contribution in [3.63, 3.8) is 0 Å². The lowest BCUT2D eigenvalue weighted by molar-refractivity contribution is -0.322. The van der Waals surface area contributed by atoms with Gasteiger partial charge in [-0.15, -0.1) is 12.6 Å². The number of hydrogen-bond acceptors (Lipinski definition) is 6. The summed E-state index contributed by atoms with van der Waals surface area (Å²) >= 11 is 4.56. The second-order valence-electron chi connectivity index (χ2n) is 14.2. The Bertz CT molecular complexity index is 1130. The van der Waals surface area contributed by atoms with Gasteiger partial charge in [-0.2, -0.15) is 0 Å². The highest BCUT2D eigenvalue weighted by Crippen LogP contribution is 2.67. The first-order chi connectivity index (χ1) is 18.5. The maximum Gasteiger partial charge on any atom is 0.171 e. The van der Waals surface area contributed by atoms with E-state index in [1.54, 1.807) is 0 Å². The fourth-order valence-corrected chi connectivity index (χ4v) is 9.61. The fourth-order valence-electron chi connectivity index (χ4n) is 9.12. The van der Waals surface area contributed by atoms with Crippen molar-refractivity contribution < 1.29 is 19.7 Å². The van der Waals surface area contributed by atoms with E-state index < -0.39 is 16.8 Å². The van der Waals surface area contributed by atoms with Crippen LogP contribution in [0.3, 0.4) is 0 Å². The van der Waals surface area contributed by atoms with E-state index in [4.69, 9.17) is 15.2 Å². The molecule has 6 rings (SSSR count). The van der Waals surface area contributed by atoms with Gasteiger partial charge in [0, 0.05) is 30.7 Å². The minimum absolute atomic E-state index is 0.00523. The molecule has 3 saturated carbocycles. The van der Waals surface area contributed by atoms with Crippen LogP contribution in [0.1, 0.15) is 89.2 Å². The molecular weight excluding hydrogens is 506 g/mol. The molecule has 7 atom stereocenters. The highest BCUT2D eigenvalue weighted by atomic mass is 32.1. The molecule has 4 aliphatic carbocycles. The molecular formula is C33H47NO4S. The molecule has 214 valence electrons. The standard InChI is InChI=1S/C33H47NO4S/c1-30(2)19-37-33(38-20-30)15-13-26-28-23(12-14-32(26,36)18-33)25-10-11-27(29(35)39)31(25,3)17-24(28)22-8-6-21(7-9-22)5-4-16-34/h4-9,23-25,27,29,35-36,39H,10-20,34H2,1-3H3/b5-4+/t23?,24?,25?,27?,29-,31-,32+/m0/s1. The Hall–Kier alpha value is -1.15. The highest BCUT2D eigenvalue weighted by Gasteiger charge is 2.61. The van der Waals surface area contributed by atoms with Crippen molar-refractivity contribution in [2.75, 3.05) is 19.8 Å². The maximum atomic E-state index is 12.3. The van der Waals surface area contributed by atoms with Gasteiger partial charge in [0.05, 0.1) is 24.3 Å². The Kier molecular flexibility index (Phi) is 7.17. The van der Waals surface area contributed by atoms with Crippen LogP contribution in [-0.4, -0.2) is 46.8 Å². The molecule has 1 spiro atoms. The molecule has 0 amide bonds. The Labute approximate surface area is 239 Å². The Balaban J connectivity index is 1.40. The van der Waals surface area contributed by atoms with E-state index in [9.17, 15) is 10.2 Å². The smallest absolute Gasteiger partial charge is 0.171 e. The lowest BCUT2D eigenvalue weighted by Crippen LogP contribution is -2.57. The second kappa shape index (κ2) is 9.99. The summed E-state index contributed by atoms with van der Waals surface area (Å²) in [5, 5.41) is 23.0. The zero-order chi connectivity index (χ0) is 27.6. The lowest BCUT2D eigenvalue weighted by atomic mass is 9.50. The Morgan fingerprint density at radius 2 is 1.79 bits per heavy atom. The average Bonchev–Trinajstić information content (AvgIpc) is 3.26. The summed E-state index contributed by atoms with van der Waals surface area (Å²) in [6, 6.07) is 8.91. The van der Waals surface area contributed by atoms with Crippen LogP contribution in [0.4, 0.5) is 0 Å². The first kappa shape index (κ1) is 28.0. The molecule has 0 radical (unpaired) electrons. The predicted molar refractivity (Wildman–Crippen MR) is 158 cm³/mol. The van der Waals surface area contributed by atoms with E-state index in [-0.39, 0.29) is 22.7 Å². The van der Waals surface area contributed by atoms with Gasteiger partial charge in [0.25, 0.3) is 0 Å². The monoisotopic (exact) mass is 553 g/mol. The molecule has 4 fully saturated rings. The van der Waals surface area contributed by atoms with Crippen molar-refractivity contribution in [1.82, 2.24) is 0 Å². The van der Waals surface area contributed by atoms with Crippen LogP contribution in [0.15, 0.2) is 41.5 Å². The number of aliphatic hydroxyl groups is 2. The summed E-state index contributed by atoms with van der Waals surface area (Å²) in [6.45, 7) is 8.61. The van der Waals surface area contributed by atoms with Crippen LogP contribution < -0.4 is 5.73 Å². The average molecular weight is 554 g/mol. The molecule has 0 aromatic heterocycles. The quantitative estimate of drug-likeness (QED) is 0.215. The van der Waals surface area contributed by atoms with Crippen molar-refractivity contribution >= 4 is 18.7 Å². The number of nitrogens with two attached hydrogens (primary N) is 1. The maximum absolute atomic E-state index is 12.3. The summed E-state index contributed by atoms with van der Waals surface area (Å²) < 4.78 is 12.8. The molecule has 1 aliphatic heterocycles. The molecule has 39 heavy (non-hydrogen) atoms. The van der Waals surface area contributed by atoms with Gasteiger partial charge >= 0.3 is 0 Å². The Morgan fingerprint density at radius 1 is 1.08 bits per heavy atom. The fraction of sp³-hybridized carbons (Fsp3) is 0.697. The largest absolute Gasteiger partial charge is 0.385 e. The van der Waals surface area contributed by atoms with Crippen LogP contribution in [0, 0.1) is 28.6 Å². The van der Waals surface area contributed by atoms with Crippen molar-refractivity contribution in [3.05, 3.63) is 52.6 Å². The van der Waals surface area contributed by atoms with Crippen LogP contribution >= 0.6 is 12.6 Å². The lowest BCUT2D eigenvalue weighted by Gasteiger charge is -2.58. The summed E-state index contributed by atoms with van der Waals surface area (Å²) in [4.78, 5) is 0. The van der Waals surface area contributed by atoms with Gasteiger partial charge < -0.3 is 25.4 Å². The van der Waals surface area contributed by atoms with E-state index in [1.807, 2.05) is 6.08 Å². The predicted octanol–water partition coefficient (Wildman–Crippen LogP) is 5.82. The Morgan fingerprint density at radius 3 is 2.46 bits per heavy atom. The minimum Gasteiger partial charge on any atom is -0.385 e. The third-order valence-electron chi connectivity index (χ3n) is 11.1. The summed E-state index contributed by atoms with van der Waals surface area (Å²) in [5.74, 6) is 0.678. The third-order valence-corrected chi connectivity index (χ3v) is 11.4. The van der Waals surface area contributed by atoms with Crippen molar-refractivity contribution in [2.45, 2.75) is 94.9 Å². The zero-order valence-electron chi connectivity index (χ0n) is 23.9. The summed E-state index contributed by atoms with van der Waals surface area (Å²) in [5.41, 5.74) is 9.42. The molecule has 0 bridgehead atoms. The topological polar surface area (TPSA) is 84.9 Å². The second-order valence-corrected chi connectivity index (χ2v) is 14.7. The summed E-state index contributed by atoms with van der Waals surface area (Å²) in [6.07, 6.45) is 11.0. The van der Waals surface area contributed by atoms with E-state index in [1.165, 1.54) is 16.7 Å². The molecule has 1 heterocycles. The molecule has 1 aromatic rings. The zero-order valence-corrected chi connectivity index (χ0v) is 24.8. The minimum atomic E-state index is -0.886. The number of rotatable bonds is 4. The van der Waals surface area contributed by atoms with E-state index in [2.05, 4.69) is 63.7 Å². The third kappa shape index (κ3) is 4.77. The van der Waals surface area contributed by atoms with Crippen molar-refractivity contribution in [3.8, 4) is 0 Å². The van der Waals surface area contributed by atoms with E-state index in [0.29, 0.717) is 38.0 Å². The van der Waals surface area contributed by atoms with E-state index in [0.717, 1.165) is 50.5 Å². The molecule has 4 unspecified atom stereocenters. The number of ether oxygens (including phenoxy) is 2. The van der Waals surface area contributed by atoms with Crippen LogP contribution in [0.2, 0.25) is 0 Å². The first-order valence-electron chi connectivity index (χ1n) is 15.1. The first-order valence-corrected chi connectivity index (χ1v) is 15.6. The van der Waals surface area contributed by atoms with Crippen molar-refractivity contribution in [1.29, 1.82) is 0 Å². The van der Waals surface area contributed by atoms with Crippen LogP contribution in [-0.2, 0) is 9.47 Å². The van der Waals surface area contributed by atoms with E-state index >= 15 is 0 Å². The van der Waals surface area contributed by atoms with Crippen molar-refractivity contribution in [2.24, 2.45) is 34.3 Å². The van der Waals surface area contributed by atoms with Gasteiger partial charge in [0.2, 0.25) is 0 Å². The molecule has 1 aromatic carbocycles. The van der Waals surface area contributed by atoms with Gasteiger partial charge in [-0.05, 0) is 78.4 Å². The van der Waals surface area contributed by atoms with Gasteiger partial charge in [-0.3, -0.25) is 0 Å². The molecule has 5 aliphatic rings.